The Morgan fingerprint density at radius 1 is 1.26 bits per heavy atom. The predicted molar refractivity (Wildman–Crippen MR) is 90.9 cm³/mol. The van der Waals surface area contributed by atoms with E-state index in [2.05, 4.69) is 21.0 Å². The Labute approximate surface area is 141 Å². The number of carbonyl (C=O) groups excluding carboxylic acids is 1. The molecule has 0 amide bonds. The zero-order valence-corrected chi connectivity index (χ0v) is 14.3. The number of aromatic nitrogens is 2. The van der Waals surface area contributed by atoms with E-state index >= 15 is 0 Å². The zero-order chi connectivity index (χ0) is 16.4. The number of ether oxygens (including phenoxy) is 2. The van der Waals surface area contributed by atoms with Crippen molar-refractivity contribution in [1.82, 2.24) is 9.78 Å². The van der Waals surface area contributed by atoms with Crippen molar-refractivity contribution in [2.45, 2.75) is 6.54 Å². The van der Waals surface area contributed by atoms with Gasteiger partial charge in [-0.25, -0.2) is 4.79 Å². The van der Waals surface area contributed by atoms with Crippen molar-refractivity contribution in [3.8, 4) is 5.75 Å². The minimum Gasteiger partial charge on any atom is -0.496 e. The van der Waals surface area contributed by atoms with Gasteiger partial charge < -0.3 is 9.47 Å². The van der Waals surface area contributed by atoms with Gasteiger partial charge in [-0.1, -0.05) is 22.0 Å². The van der Waals surface area contributed by atoms with Gasteiger partial charge in [0.25, 0.3) is 0 Å². The van der Waals surface area contributed by atoms with E-state index in [9.17, 15) is 4.79 Å². The third kappa shape index (κ3) is 2.94. The Morgan fingerprint density at radius 3 is 2.83 bits per heavy atom. The molecule has 1 heterocycles. The summed E-state index contributed by atoms with van der Waals surface area (Å²) < 4.78 is 13.0. The predicted octanol–water partition coefficient (Wildman–Crippen LogP) is 3.64. The van der Waals surface area contributed by atoms with Crippen LogP contribution < -0.4 is 4.74 Å². The lowest BCUT2D eigenvalue weighted by Crippen LogP contribution is -2.04. The maximum Gasteiger partial charge on any atom is 0.338 e. The molecule has 3 aromatic rings. The van der Waals surface area contributed by atoms with Gasteiger partial charge in [0, 0.05) is 15.4 Å². The fourth-order valence-corrected chi connectivity index (χ4v) is 2.96. The highest BCUT2D eigenvalue weighted by Crippen LogP contribution is 2.26. The Hall–Kier alpha value is -2.34. The summed E-state index contributed by atoms with van der Waals surface area (Å²) in [6.45, 7) is 0.538. The Kier molecular flexibility index (Phi) is 4.34. The standard InChI is InChI=1S/C17H15BrN2O3/c1-22-16-7-6-12(18)8-11(16)10-20-15-5-3-4-13(17(21)23-2)14(15)9-19-20/h3-9H,10H2,1-2H3. The maximum atomic E-state index is 11.9. The molecule has 0 bridgehead atoms. The molecule has 0 unspecified atom stereocenters. The smallest absolute Gasteiger partial charge is 0.338 e. The van der Waals surface area contributed by atoms with Gasteiger partial charge >= 0.3 is 5.97 Å². The van der Waals surface area contributed by atoms with Gasteiger partial charge in [-0.3, -0.25) is 4.68 Å². The molecule has 2 aromatic carbocycles. The van der Waals surface area contributed by atoms with Crippen LogP contribution in [0, 0.1) is 0 Å². The van der Waals surface area contributed by atoms with E-state index in [0.29, 0.717) is 12.1 Å². The van der Waals surface area contributed by atoms with E-state index in [-0.39, 0.29) is 5.97 Å². The quantitative estimate of drug-likeness (QED) is 0.654. The minimum absolute atomic E-state index is 0.366. The summed E-state index contributed by atoms with van der Waals surface area (Å²) in [6, 6.07) is 11.3. The Balaban J connectivity index is 2.05. The van der Waals surface area contributed by atoms with Crippen LogP contribution >= 0.6 is 15.9 Å². The fourth-order valence-electron chi connectivity index (χ4n) is 2.55. The highest BCUT2D eigenvalue weighted by atomic mass is 79.9. The number of rotatable bonds is 4. The van der Waals surface area contributed by atoms with Crippen LogP contribution in [0.5, 0.6) is 5.75 Å². The summed E-state index contributed by atoms with van der Waals surface area (Å²) in [5.41, 5.74) is 2.38. The molecule has 0 aliphatic carbocycles. The highest BCUT2D eigenvalue weighted by molar-refractivity contribution is 9.10. The van der Waals surface area contributed by atoms with Crippen LogP contribution in [0.4, 0.5) is 0 Å². The van der Waals surface area contributed by atoms with E-state index < -0.39 is 0 Å². The Morgan fingerprint density at radius 2 is 2.09 bits per heavy atom. The molecule has 23 heavy (non-hydrogen) atoms. The molecule has 118 valence electrons. The van der Waals surface area contributed by atoms with Crippen molar-refractivity contribution in [2.75, 3.05) is 14.2 Å². The molecule has 6 heteroatoms. The second-order valence-electron chi connectivity index (χ2n) is 4.99. The van der Waals surface area contributed by atoms with Gasteiger partial charge in [-0.2, -0.15) is 5.10 Å². The van der Waals surface area contributed by atoms with Gasteiger partial charge in [0.1, 0.15) is 5.75 Å². The van der Waals surface area contributed by atoms with Crippen LogP contribution in [-0.2, 0) is 11.3 Å². The van der Waals surface area contributed by atoms with Crippen LogP contribution in [0.2, 0.25) is 0 Å². The summed E-state index contributed by atoms with van der Waals surface area (Å²) in [4.78, 5) is 11.9. The molecular weight excluding hydrogens is 360 g/mol. The van der Waals surface area contributed by atoms with Crippen LogP contribution in [0.15, 0.2) is 47.1 Å². The van der Waals surface area contributed by atoms with Crippen molar-refractivity contribution in [3.63, 3.8) is 0 Å². The van der Waals surface area contributed by atoms with Gasteiger partial charge in [-0.15, -0.1) is 0 Å². The first kappa shape index (κ1) is 15.6. The summed E-state index contributed by atoms with van der Waals surface area (Å²) >= 11 is 3.47. The van der Waals surface area contributed by atoms with Gasteiger partial charge in [-0.05, 0) is 30.3 Å². The summed E-state index contributed by atoms with van der Waals surface area (Å²) in [7, 11) is 3.02. The SMILES string of the molecule is COC(=O)c1cccc2c1cnn2Cc1cc(Br)ccc1OC. The van der Waals surface area contributed by atoms with Gasteiger partial charge in [0.15, 0.2) is 0 Å². The normalized spacial score (nSPS) is 10.7. The largest absolute Gasteiger partial charge is 0.496 e. The fraction of sp³-hybridized carbons (Fsp3) is 0.176. The number of benzene rings is 2. The molecule has 1 aromatic heterocycles. The van der Waals surface area contributed by atoms with E-state index in [4.69, 9.17) is 9.47 Å². The third-order valence-electron chi connectivity index (χ3n) is 3.66. The second-order valence-corrected chi connectivity index (χ2v) is 5.90. The lowest BCUT2D eigenvalue weighted by Gasteiger charge is -2.10. The molecule has 0 spiro atoms. The lowest BCUT2D eigenvalue weighted by molar-refractivity contribution is 0.0603. The van der Waals surface area contributed by atoms with Crippen LogP contribution in [0.3, 0.4) is 0 Å². The minimum atomic E-state index is -0.366. The molecule has 0 fully saturated rings. The number of hydrogen-bond acceptors (Lipinski definition) is 4. The van der Waals surface area contributed by atoms with Crippen molar-refractivity contribution >= 4 is 32.8 Å². The van der Waals surface area contributed by atoms with E-state index in [1.54, 1.807) is 19.4 Å². The second kappa shape index (κ2) is 6.42. The highest BCUT2D eigenvalue weighted by Gasteiger charge is 2.14. The number of hydrogen-bond donors (Lipinski definition) is 0. The van der Waals surface area contributed by atoms with E-state index in [1.807, 2.05) is 35.0 Å². The first-order valence-electron chi connectivity index (χ1n) is 6.99. The molecule has 3 rings (SSSR count). The molecule has 0 saturated carbocycles. The maximum absolute atomic E-state index is 11.9. The van der Waals surface area contributed by atoms with Crippen molar-refractivity contribution in [2.24, 2.45) is 0 Å². The van der Waals surface area contributed by atoms with Crippen LogP contribution in [0.25, 0.3) is 10.9 Å². The average Bonchev–Trinajstić information content (AvgIpc) is 2.97. The molecule has 5 nitrogen and oxygen atoms in total. The molecule has 0 saturated heterocycles. The zero-order valence-electron chi connectivity index (χ0n) is 12.7. The van der Waals surface area contributed by atoms with Crippen LogP contribution in [-0.4, -0.2) is 30.0 Å². The summed E-state index contributed by atoms with van der Waals surface area (Å²) in [6.07, 6.45) is 1.69. The number of carbonyl (C=O) groups is 1. The van der Waals surface area contributed by atoms with Gasteiger partial charge in [0.2, 0.25) is 0 Å². The molecule has 0 atom stereocenters. The number of methoxy groups -OCH3 is 2. The summed E-state index contributed by atoms with van der Waals surface area (Å²) in [5.74, 6) is 0.427. The third-order valence-corrected chi connectivity index (χ3v) is 4.15. The molecule has 0 aliphatic rings. The first-order valence-corrected chi connectivity index (χ1v) is 7.78. The van der Waals surface area contributed by atoms with Crippen molar-refractivity contribution < 1.29 is 14.3 Å². The molecule has 0 radical (unpaired) electrons. The average molecular weight is 375 g/mol. The monoisotopic (exact) mass is 374 g/mol. The van der Waals surface area contributed by atoms with Crippen molar-refractivity contribution in [1.29, 1.82) is 0 Å². The van der Waals surface area contributed by atoms with E-state index in [0.717, 1.165) is 26.7 Å². The van der Waals surface area contributed by atoms with Crippen LogP contribution in [0.1, 0.15) is 15.9 Å². The molecular formula is C17H15BrN2O3. The number of halogens is 1. The number of esters is 1. The first-order chi connectivity index (χ1) is 11.1. The molecule has 0 aliphatic heterocycles. The summed E-state index contributed by atoms with van der Waals surface area (Å²) in [5, 5.41) is 5.18. The van der Waals surface area contributed by atoms with Crippen molar-refractivity contribution in [3.05, 3.63) is 58.2 Å². The lowest BCUT2D eigenvalue weighted by atomic mass is 10.1. The molecule has 0 N–H and O–H groups in total. The van der Waals surface area contributed by atoms with Gasteiger partial charge in [0.05, 0.1) is 38.0 Å². The number of nitrogens with zero attached hydrogens (tertiary/aromatic N) is 2. The Bertz CT molecular complexity index is 873. The van der Waals surface area contributed by atoms with E-state index in [1.165, 1.54) is 7.11 Å². The number of fused-ring (bicyclic) bond motifs is 1. The topological polar surface area (TPSA) is 53.3 Å².